The number of nitrogens with one attached hydrogen (secondary N) is 1. The number of esters is 1. The van der Waals surface area contributed by atoms with E-state index in [-0.39, 0.29) is 37.0 Å². The van der Waals surface area contributed by atoms with Gasteiger partial charge in [-0.2, -0.15) is 5.10 Å². The van der Waals surface area contributed by atoms with Crippen molar-refractivity contribution in [2.24, 2.45) is 0 Å². The lowest BCUT2D eigenvalue weighted by Gasteiger charge is -2.43. The summed E-state index contributed by atoms with van der Waals surface area (Å²) in [6, 6.07) is 16.6. The standard InChI is InChI=1S/C27H30N4O5/c1-5-36-25(33)21-14-22-24(32)30(16-20-8-6-7-9-23(20)35-4)27(3,17-31(22)29-21)26(34)28-15-19-12-10-18(2)11-13-19/h6-14H,5,15-17H2,1-4H3,(H,28,34). The van der Waals surface area contributed by atoms with Gasteiger partial charge in [0.15, 0.2) is 5.69 Å². The Hall–Kier alpha value is -4.14. The largest absolute Gasteiger partial charge is 0.496 e. The molecule has 0 radical (unpaired) electrons. The Labute approximate surface area is 210 Å². The lowest BCUT2D eigenvalue weighted by atomic mass is 9.93. The molecule has 1 aliphatic heterocycles. The Balaban J connectivity index is 1.69. The van der Waals surface area contributed by atoms with E-state index in [1.165, 1.54) is 15.6 Å². The van der Waals surface area contributed by atoms with Crippen LogP contribution in [0.3, 0.4) is 0 Å². The molecule has 0 aliphatic carbocycles. The third kappa shape index (κ3) is 4.82. The van der Waals surface area contributed by atoms with E-state index < -0.39 is 17.4 Å². The van der Waals surface area contributed by atoms with Crippen molar-refractivity contribution < 1.29 is 23.9 Å². The monoisotopic (exact) mass is 490 g/mol. The first kappa shape index (κ1) is 25.0. The molecular formula is C27H30N4O5. The minimum atomic E-state index is -1.28. The average molecular weight is 491 g/mol. The second-order valence-electron chi connectivity index (χ2n) is 8.94. The van der Waals surface area contributed by atoms with Crippen molar-refractivity contribution in [2.45, 2.75) is 45.9 Å². The Bertz CT molecular complexity index is 1280. The van der Waals surface area contributed by atoms with E-state index in [4.69, 9.17) is 9.47 Å². The number of carbonyl (C=O) groups is 3. The highest BCUT2D eigenvalue weighted by molar-refractivity contribution is 6.01. The van der Waals surface area contributed by atoms with Crippen molar-refractivity contribution in [1.82, 2.24) is 20.0 Å². The number of para-hydroxylation sites is 1. The van der Waals surface area contributed by atoms with Crippen LogP contribution in [0, 0.1) is 6.92 Å². The van der Waals surface area contributed by atoms with E-state index in [2.05, 4.69) is 10.4 Å². The average Bonchev–Trinajstić information content (AvgIpc) is 3.30. The molecule has 2 aromatic carbocycles. The van der Waals surface area contributed by atoms with Gasteiger partial charge >= 0.3 is 5.97 Å². The van der Waals surface area contributed by atoms with Crippen LogP contribution >= 0.6 is 0 Å². The highest BCUT2D eigenvalue weighted by Crippen LogP contribution is 2.31. The molecule has 0 spiro atoms. The number of methoxy groups -OCH3 is 1. The number of aryl methyl sites for hydroxylation is 1. The summed E-state index contributed by atoms with van der Waals surface area (Å²) in [6.07, 6.45) is 0. The van der Waals surface area contributed by atoms with E-state index in [1.54, 1.807) is 21.0 Å². The number of ether oxygens (including phenoxy) is 2. The summed E-state index contributed by atoms with van der Waals surface area (Å²) in [5.41, 5.74) is 1.79. The second kappa shape index (κ2) is 10.2. The fraction of sp³-hybridized carbons (Fsp3) is 0.333. The number of amides is 2. The SMILES string of the molecule is CCOC(=O)c1cc2n(n1)CC(C)(C(=O)NCc1ccc(C)cc1)N(Cc1ccccc1OC)C2=O. The third-order valence-corrected chi connectivity index (χ3v) is 6.37. The van der Waals surface area contributed by atoms with Crippen LogP contribution in [0.15, 0.2) is 54.6 Å². The highest BCUT2D eigenvalue weighted by Gasteiger charge is 2.48. The number of aromatic nitrogens is 2. The van der Waals surface area contributed by atoms with Crippen molar-refractivity contribution in [1.29, 1.82) is 0 Å². The fourth-order valence-electron chi connectivity index (χ4n) is 4.28. The minimum absolute atomic E-state index is 0.0294. The van der Waals surface area contributed by atoms with Crippen LogP contribution < -0.4 is 10.1 Å². The normalized spacial score (nSPS) is 16.9. The van der Waals surface area contributed by atoms with Gasteiger partial charge in [-0.05, 0) is 32.4 Å². The molecule has 9 heteroatoms. The molecule has 2 amide bonds. The minimum Gasteiger partial charge on any atom is -0.496 e. The van der Waals surface area contributed by atoms with Crippen LogP contribution in [0.25, 0.3) is 0 Å². The lowest BCUT2D eigenvalue weighted by molar-refractivity contribution is -0.133. The number of carbonyl (C=O) groups excluding carboxylic acids is 3. The van der Waals surface area contributed by atoms with E-state index in [0.29, 0.717) is 12.3 Å². The van der Waals surface area contributed by atoms with Gasteiger partial charge in [-0.15, -0.1) is 0 Å². The fourth-order valence-corrected chi connectivity index (χ4v) is 4.28. The van der Waals surface area contributed by atoms with Gasteiger partial charge in [0, 0.05) is 18.2 Å². The second-order valence-corrected chi connectivity index (χ2v) is 8.94. The van der Waals surface area contributed by atoms with Gasteiger partial charge in [-0.1, -0.05) is 48.0 Å². The van der Waals surface area contributed by atoms with Gasteiger partial charge in [0.1, 0.15) is 17.0 Å². The Morgan fingerprint density at radius 2 is 1.86 bits per heavy atom. The van der Waals surface area contributed by atoms with Crippen LogP contribution in [0.1, 0.15) is 51.5 Å². The first-order valence-electron chi connectivity index (χ1n) is 11.8. The summed E-state index contributed by atoms with van der Waals surface area (Å²) in [5, 5.41) is 7.27. The summed E-state index contributed by atoms with van der Waals surface area (Å²) in [7, 11) is 1.56. The summed E-state index contributed by atoms with van der Waals surface area (Å²) >= 11 is 0. The van der Waals surface area contributed by atoms with E-state index >= 15 is 0 Å². The predicted octanol–water partition coefficient (Wildman–Crippen LogP) is 3.11. The van der Waals surface area contributed by atoms with Gasteiger partial charge in [-0.3, -0.25) is 14.3 Å². The predicted molar refractivity (Wildman–Crippen MR) is 132 cm³/mol. The first-order chi connectivity index (χ1) is 17.3. The van der Waals surface area contributed by atoms with Crippen LogP contribution in [0.5, 0.6) is 5.75 Å². The summed E-state index contributed by atoms with van der Waals surface area (Å²) in [5.74, 6) is -0.749. The summed E-state index contributed by atoms with van der Waals surface area (Å²) < 4.78 is 11.9. The topological polar surface area (TPSA) is 103 Å². The van der Waals surface area contributed by atoms with Crippen LogP contribution in [0.4, 0.5) is 0 Å². The van der Waals surface area contributed by atoms with E-state index in [9.17, 15) is 14.4 Å². The molecule has 0 saturated heterocycles. The molecule has 4 rings (SSSR count). The van der Waals surface area contributed by atoms with Crippen LogP contribution in [0.2, 0.25) is 0 Å². The molecule has 9 nitrogen and oxygen atoms in total. The smallest absolute Gasteiger partial charge is 0.358 e. The number of rotatable bonds is 8. The number of fused-ring (bicyclic) bond motifs is 1. The quantitative estimate of drug-likeness (QED) is 0.487. The van der Waals surface area contributed by atoms with Gasteiger partial charge < -0.3 is 19.7 Å². The Kier molecular flexibility index (Phi) is 7.10. The molecule has 1 unspecified atom stereocenters. The maximum absolute atomic E-state index is 13.7. The Morgan fingerprint density at radius 3 is 2.56 bits per heavy atom. The molecule has 36 heavy (non-hydrogen) atoms. The van der Waals surface area contributed by atoms with Crippen molar-refractivity contribution in [3.63, 3.8) is 0 Å². The maximum Gasteiger partial charge on any atom is 0.358 e. The zero-order valence-electron chi connectivity index (χ0n) is 20.9. The summed E-state index contributed by atoms with van der Waals surface area (Å²) in [6.45, 7) is 6.11. The Morgan fingerprint density at radius 1 is 1.14 bits per heavy atom. The molecule has 188 valence electrons. The molecule has 1 atom stereocenters. The lowest BCUT2D eigenvalue weighted by Crippen LogP contribution is -2.63. The van der Waals surface area contributed by atoms with Gasteiger partial charge in [-0.25, -0.2) is 4.79 Å². The summed E-state index contributed by atoms with van der Waals surface area (Å²) in [4.78, 5) is 41.2. The van der Waals surface area contributed by atoms with Crippen molar-refractivity contribution in [3.05, 3.63) is 82.7 Å². The zero-order chi connectivity index (χ0) is 25.9. The number of benzene rings is 2. The van der Waals surface area contributed by atoms with Gasteiger partial charge in [0.2, 0.25) is 5.91 Å². The van der Waals surface area contributed by atoms with Gasteiger partial charge in [0.25, 0.3) is 5.91 Å². The number of hydrogen-bond acceptors (Lipinski definition) is 6. The first-order valence-corrected chi connectivity index (χ1v) is 11.8. The molecule has 0 bridgehead atoms. The van der Waals surface area contributed by atoms with Crippen molar-refractivity contribution in [2.75, 3.05) is 13.7 Å². The molecule has 2 heterocycles. The van der Waals surface area contributed by atoms with E-state index in [1.807, 2.05) is 55.5 Å². The number of nitrogens with zero attached hydrogens (tertiary/aromatic N) is 3. The molecule has 1 aromatic heterocycles. The zero-order valence-corrected chi connectivity index (χ0v) is 20.9. The van der Waals surface area contributed by atoms with Crippen LogP contribution in [-0.2, 0) is 29.2 Å². The highest BCUT2D eigenvalue weighted by atomic mass is 16.5. The molecule has 1 N–H and O–H groups in total. The molecule has 3 aromatic rings. The van der Waals surface area contributed by atoms with Crippen molar-refractivity contribution in [3.8, 4) is 5.75 Å². The van der Waals surface area contributed by atoms with E-state index in [0.717, 1.165) is 16.7 Å². The number of hydrogen-bond donors (Lipinski definition) is 1. The third-order valence-electron chi connectivity index (χ3n) is 6.37. The molecular weight excluding hydrogens is 460 g/mol. The molecule has 0 saturated carbocycles. The molecule has 0 fully saturated rings. The van der Waals surface area contributed by atoms with Crippen molar-refractivity contribution >= 4 is 17.8 Å². The van der Waals surface area contributed by atoms with Gasteiger partial charge in [0.05, 0.1) is 26.8 Å². The maximum atomic E-state index is 13.7. The van der Waals surface area contributed by atoms with Crippen LogP contribution in [-0.4, -0.2) is 51.7 Å². The molecule has 1 aliphatic rings.